The first-order chi connectivity index (χ1) is 9.79. The van der Waals surface area contributed by atoms with Crippen LogP contribution in [0.4, 0.5) is 0 Å². The summed E-state index contributed by atoms with van der Waals surface area (Å²) in [7, 11) is 0. The van der Waals surface area contributed by atoms with E-state index in [1.165, 1.54) is 10.5 Å². The zero-order valence-corrected chi connectivity index (χ0v) is 12.3. The molecule has 104 valence electrons. The molecule has 2 rings (SSSR count). The molecule has 2 nitrogen and oxygen atoms in total. The molecule has 0 aromatic carbocycles. The van der Waals surface area contributed by atoms with Crippen LogP contribution in [0, 0.1) is 0 Å². The minimum atomic E-state index is 0.0359. The van der Waals surface area contributed by atoms with Gasteiger partial charge in [0.05, 0.1) is 6.54 Å². The Hall–Kier alpha value is -1.87. The number of hydrogen-bond donors (Lipinski definition) is 0. The number of nitrogens with zero attached hydrogens (tertiary/aromatic N) is 1. The van der Waals surface area contributed by atoms with Gasteiger partial charge in [0.1, 0.15) is 0 Å². The quantitative estimate of drug-likeness (QED) is 0.569. The second-order valence-electron chi connectivity index (χ2n) is 4.63. The number of carbonyl (C=O) groups is 1. The second-order valence-corrected chi connectivity index (χ2v) is 5.66. The molecule has 0 saturated heterocycles. The van der Waals surface area contributed by atoms with Gasteiger partial charge in [-0.2, -0.15) is 0 Å². The first-order valence-corrected chi connectivity index (χ1v) is 7.63. The van der Waals surface area contributed by atoms with Gasteiger partial charge < -0.3 is 4.90 Å². The highest BCUT2D eigenvalue weighted by atomic mass is 32.1. The van der Waals surface area contributed by atoms with Gasteiger partial charge >= 0.3 is 0 Å². The molecule has 0 saturated carbocycles. The summed E-state index contributed by atoms with van der Waals surface area (Å²) in [5.41, 5.74) is 1.20. The summed E-state index contributed by atoms with van der Waals surface area (Å²) in [4.78, 5) is 15.2. The molecule has 0 radical (unpaired) electrons. The van der Waals surface area contributed by atoms with E-state index in [1.807, 2.05) is 29.7 Å². The number of carbonyl (C=O) groups excluding carboxylic acids is 1. The summed E-state index contributed by atoms with van der Waals surface area (Å²) in [6.07, 6.45) is 13.7. The van der Waals surface area contributed by atoms with Gasteiger partial charge in [0.25, 0.3) is 0 Å². The van der Waals surface area contributed by atoms with Crippen molar-refractivity contribution in [3.8, 4) is 0 Å². The number of thiophene rings is 1. The van der Waals surface area contributed by atoms with Crippen LogP contribution in [0.2, 0.25) is 0 Å². The average molecular weight is 285 g/mol. The monoisotopic (exact) mass is 285 g/mol. The first-order valence-electron chi connectivity index (χ1n) is 6.75. The maximum absolute atomic E-state index is 12.3. The number of amides is 1. The summed E-state index contributed by atoms with van der Waals surface area (Å²) < 4.78 is 0. The molecule has 0 unspecified atom stereocenters. The lowest BCUT2D eigenvalue weighted by atomic mass is 10.0. The zero-order valence-electron chi connectivity index (χ0n) is 11.5. The van der Waals surface area contributed by atoms with Crippen molar-refractivity contribution in [2.45, 2.75) is 19.4 Å². The lowest BCUT2D eigenvalue weighted by molar-refractivity contribution is -0.126. The molecule has 1 aromatic rings. The largest absolute Gasteiger partial charge is 0.330 e. The van der Waals surface area contributed by atoms with Gasteiger partial charge in [0.15, 0.2) is 0 Å². The van der Waals surface area contributed by atoms with Crippen molar-refractivity contribution in [2.24, 2.45) is 0 Å². The van der Waals surface area contributed by atoms with Gasteiger partial charge in [0.2, 0.25) is 5.91 Å². The molecule has 20 heavy (non-hydrogen) atoms. The fourth-order valence-electron chi connectivity index (χ4n) is 2.02. The van der Waals surface area contributed by atoms with E-state index in [9.17, 15) is 4.79 Å². The predicted octanol–water partition coefficient (Wildman–Crippen LogP) is 4.10. The van der Waals surface area contributed by atoms with Crippen molar-refractivity contribution in [2.75, 3.05) is 6.54 Å². The van der Waals surface area contributed by atoms with Crippen molar-refractivity contribution in [1.29, 1.82) is 0 Å². The van der Waals surface area contributed by atoms with Crippen molar-refractivity contribution < 1.29 is 4.79 Å². The molecule has 1 aliphatic carbocycles. The Morgan fingerprint density at radius 2 is 2.40 bits per heavy atom. The smallest absolute Gasteiger partial charge is 0.247 e. The van der Waals surface area contributed by atoms with Crippen LogP contribution in [0.15, 0.2) is 66.1 Å². The number of allylic oxidation sites excluding steroid dienone is 5. The van der Waals surface area contributed by atoms with Gasteiger partial charge in [-0.1, -0.05) is 36.4 Å². The van der Waals surface area contributed by atoms with E-state index >= 15 is 0 Å². The van der Waals surface area contributed by atoms with E-state index in [1.54, 1.807) is 28.4 Å². The number of rotatable bonds is 6. The molecule has 1 aliphatic rings. The second kappa shape index (κ2) is 7.65. The van der Waals surface area contributed by atoms with Crippen molar-refractivity contribution >= 4 is 17.2 Å². The molecule has 3 heteroatoms. The maximum atomic E-state index is 12.3. The highest BCUT2D eigenvalue weighted by molar-refractivity contribution is 7.09. The Balaban J connectivity index is 1.99. The van der Waals surface area contributed by atoms with Gasteiger partial charge in [0, 0.05) is 17.5 Å². The van der Waals surface area contributed by atoms with Crippen LogP contribution in [0.3, 0.4) is 0 Å². The summed E-state index contributed by atoms with van der Waals surface area (Å²) in [6, 6.07) is 4.05. The van der Waals surface area contributed by atoms with E-state index < -0.39 is 0 Å². The highest BCUT2D eigenvalue weighted by Gasteiger charge is 2.10. The summed E-state index contributed by atoms with van der Waals surface area (Å²) in [6.45, 7) is 4.94. The van der Waals surface area contributed by atoms with Crippen LogP contribution >= 0.6 is 11.3 Å². The highest BCUT2D eigenvalue weighted by Crippen LogP contribution is 2.14. The molecule has 0 N–H and O–H groups in total. The molecule has 0 bridgehead atoms. The van der Waals surface area contributed by atoms with Crippen LogP contribution in [0.25, 0.3) is 0 Å². The topological polar surface area (TPSA) is 20.3 Å². The Morgan fingerprint density at radius 3 is 3.05 bits per heavy atom. The minimum absolute atomic E-state index is 0.0359. The Morgan fingerprint density at radius 1 is 1.50 bits per heavy atom. The molecule has 1 aromatic heterocycles. The Kier molecular flexibility index (Phi) is 5.56. The standard InChI is InChI=1S/C17H19NOS/c1-2-12-18(14-16-9-6-13-20-16)17(19)11-10-15-7-4-3-5-8-15/h2-4,6-7,9-11,13H,1,5,8,12,14H2/b11-10+. The fraction of sp³-hybridized carbons (Fsp3) is 0.235. The van der Waals surface area contributed by atoms with Crippen LogP contribution in [0.1, 0.15) is 17.7 Å². The number of hydrogen-bond acceptors (Lipinski definition) is 2. The molecule has 0 aliphatic heterocycles. The summed E-state index contributed by atoms with van der Waals surface area (Å²) in [5.74, 6) is 0.0359. The van der Waals surface area contributed by atoms with Gasteiger partial charge in [-0.3, -0.25) is 4.79 Å². The normalized spacial score (nSPS) is 14.3. The van der Waals surface area contributed by atoms with E-state index in [0.717, 1.165) is 12.8 Å². The minimum Gasteiger partial charge on any atom is -0.330 e. The molecule has 0 atom stereocenters. The van der Waals surface area contributed by atoms with Crippen molar-refractivity contribution in [1.82, 2.24) is 4.90 Å². The third-order valence-electron chi connectivity index (χ3n) is 3.07. The third kappa shape index (κ3) is 4.35. The maximum Gasteiger partial charge on any atom is 0.247 e. The summed E-state index contributed by atoms with van der Waals surface area (Å²) in [5, 5.41) is 2.03. The van der Waals surface area contributed by atoms with E-state index in [0.29, 0.717) is 13.1 Å². The molecule has 0 spiro atoms. The average Bonchev–Trinajstić information content (AvgIpc) is 2.98. The summed E-state index contributed by atoms with van der Waals surface area (Å²) >= 11 is 1.67. The predicted molar refractivity (Wildman–Crippen MR) is 85.5 cm³/mol. The molecular weight excluding hydrogens is 266 g/mol. The lowest BCUT2D eigenvalue weighted by Crippen LogP contribution is -2.28. The fourth-order valence-corrected chi connectivity index (χ4v) is 2.74. The van der Waals surface area contributed by atoms with Crippen molar-refractivity contribution in [3.05, 3.63) is 71.0 Å². The van der Waals surface area contributed by atoms with Gasteiger partial charge in [-0.05, 0) is 29.9 Å². The molecule has 1 heterocycles. The lowest BCUT2D eigenvalue weighted by Gasteiger charge is -2.18. The van der Waals surface area contributed by atoms with E-state index in [4.69, 9.17) is 0 Å². The Bertz CT molecular complexity index is 537. The van der Waals surface area contributed by atoms with Crippen molar-refractivity contribution in [3.63, 3.8) is 0 Å². The Labute approximate surface area is 124 Å². The van der Waals surface area contributed by atoms with Crippen LogP contribution in [0.5, 0.6) is 0 Å². The van der Waals surface area contributed by atoms with E-state index in [-0.39, 0.29) is 5.91 Å². The van der Waals surface area contributed by atoms with Crippen LogP contribution < -0.4 is 0 Å². The zero-order chi connectivity index (χ0) is 14.2. The van der Waals surface area contributed by atoms with Crippen LogP contribution in [-0.4, -0.2) is 17.4 Å². The SMILES string of the molecule is C=CCN(Cc1cccs1)C(=O)/C=C/C1=CC=CCC1. The first kappa shape index (κ1) is 14.5. The molecular formula is C17H19NOS. The van der Waals surface area contributed by atoms with Gasteiger partial charge in [-0.25, -0.2) is 0 Å². The third-order valence-corrected chi connectivity index (χ3v) is 3.94. The molecule has 1 amide bonds. The van der Waals surface area contributed by atoms with E-state index in [2.05, 4.69) is 18.7 Å². The molecule has 0 fully saturated rings. The van der Waals surface area contributed by atoms with Gasteiger partial charge in [-0.15, -0.1) is 17.9 Å². The van der Waals surface area contributed by atoms with Crippen LogP contribution in [-0.2, 0) is 11.3 Å².